The van der Waals surface area contributed by atoms with E-state index in [2.05, 4.69) is 10.2 Å². The summed E-state index contributed by atoms with van der Waals surface area (Å²) in [6, 6.07) is 0.182. The minimum absolute atomic E-state index is 0.425. The first-order valence-electron chi connectivity index (χ1n) is 5.31. The molecule has 0 bridgehead atoms. The molecule has 0 aromatic heterocycles. The minimum Gasteiger partial charge on any atom is -0.480 e. The number of hydrogen-bond donors (Lipinski definition) is 2. The Morgan fingerprint density at radius 2 is 2.29 bits per heavy atom. The second-order valence-corrected chi connectivity index (χ2v) is 3.97. The van der Waals surface area contributed by atoms with E-state index < -0.39 is 12.0 Å². The molecule has 0 radical (unpaired) electrons. The van der Waals surface area contributed by atoms with Crippen LogP contribution in [-0.2, 0) is 4.79 Å². The lowest BCUT2D eigenvalue weighted by Crippen LogP contribution is -2.49. The zero-order valence-electron chi connectivity index (χ0n) is 8.99. The van der Waals surface area contributed by atoms with Crippen LogP contribution in [0.4, 0.5) is 0 Å². The van der Waals surface area contributed by atoms with Gasteiger partial charge in [-0.1, -0.05) is 13.3 Å². The quantitative estimate of drug-likeness (QED) is 0.657. The summed E-state index contributed by atoms with van der Waals surface area (Å²) < 4.78 is 0. The van der Waals surface area contributed by atoms with Gasteiger partial charge in [-0.05, 0) is 26.4 Å². The summed E-state index contributed by atoms with van der Waals surface area (Å²) in [5.41, 5.74) is 0. The van der Waals surface area contributed by atoms with Gasteiger partial charge in [-0.3, -0.25) is 4.79 Å². The molecule has 0 saturated heterocycles. The standard InChI is InChI=1S/C10H20N2O2/c1-3-11-9(10(13)14)7-12(2)8-5-4-6-8/h8-9,11H,3-7H2,1-2H3,(H,13,14). The van der Waals surface area contributed by atoms with Gasteiger partial charge in [0.1, 0.15) is 6.04 Å². The molecule has 0 amide bonds. The van der Waals surface area contributed by atoms with Crippen LogP contribution in [0.1, 0.15) is 26.2 Å². The predicted octanol–water partition coefficient (Wildman–Crippen LogP) is 0.533. The number of aliphatic carboxylic acids is 1. The largest absolute Gasteiger partial charge is 0.480 e. The Hall–Kier alpha value is -0.610. The molecule has 0 aliphatic heterocycles. The molecule has 1 rings (SSSR count). The average molecular weight is 200 g/mol. The molecule has 1 aliphatic carbocycles. The Morgan fingerprint density at radius 3 is 2.64 bits per heavy atom. The number of carboxylic acids is 1. The third kappa shape index (κ3) is 2.96. The highest BCUT2D eigenvalue weighted by atomic mass is 16.4. The van der Waals surface area contributed by atoms with Crippen LogP contribution < -0.4 is 5.32 Å². The maximum absolute atomic E-state index is 10.9. The molecule has 0 heterocycles. The lowest BCUT2D eigenvalue weighted by molar-refractivity contribution is -0.140. The van der Waals surface area contributed by atoms with Gasteiger partial charge < -0.3 is 15.3 Å². The third-order valence-electron chi connectivity index (χ3n) is 2.92. The van der Waals surface area contributed by atoms with Crippen molar-refractivity contribution in [1.29, 1.82) is 0 Å². The van der Waals surface area contributed by atoms with E-state index in [1.165, 1.54) is 19.3 Å². The fraction of sp³-hybridized carbons (Fsp3) is 0.900. The molecule has 0 aromatic rings. The molecule has 1 saturated carbocycles. The zero-order chi connectivity index (χ0) is 10.6. The van der Waals surface area contributed by atoms with E-state index in [-0.39, 0.29) is 0 Å². The summed E-state index contributed by atoms with van der Waals surface area (Å²) in [5, 5.41) is 11.9. The Kier molecular flexibility index (Phi) is 4.35. The highest BCUT2D eigenvalue weighted by molar-refractivity contribution is 5.73. The van der Waals surface area contributed by atoms with Crippen molar-refractivity contribution in [2.45, 2.75) is 38.3 Å². The number of rotatable bonds is 6. The molecule has 2 N–H and O–H groups in total. The summed E-state index contributed by atoms with van der Waals surface area (Å²) in [5.74, 6) is -0.752. The second kappa shape index (κ2) is 5.32. The fourth-order valence-electron chi connectivity index (χ4n) is 1.74. The van der Waals surface area contributed by atoms with Crippen molar-refractivity contribution in [3.8, 4) is 0 Å². The van der Waals surface area contributed by atoms with Crippen LogP contribution in [0.15, 0.2) is 0 Å². The van der Waals surface area contributed by atoms with Crippen molar-refractivity contribution in [1.82, 2.24) is 10.2 Å². The van der Waals surface area contributed by atoms with Crippen molar-refractivity contribution < 1.29 is 9.90 Å². The Bertz CT molecular complexity index is 193. The topological polar surface area (TPSA) is 52.6 Å². The second-order valence-electron chi connectivity index (χ2n) is 3.97. The van der Waals surface area contributed by atoms with Gasteiger partial charge in [0.25, 0.3) is 0 Å². The Balaban J connectivity index is 2.33. The molecule has 4 nitrogen and oxygen atoms in total. The lowest BCUT2D eigenvalue weighted by atomic mass is 9.91. The summed E-state index contributed by atoms with van der Waals surface area (Å²) in [4.78, 5) is 13.0. The molecule has 82 valence electrons. The maximum atomic E-state index is 10.9. The van der Waals surface area contributed by atoms with E-state index >= 15 is 0 Å². The number of nitrogens with zero attached hydrogens (tertiary/aromatic N) is 1. The number of nitrogens with one attached hydrogen (secondary N) is 1. The average Bonchev–Trinajstić information content (AvgIpc) is 1.99. The van der Waals surface area contributed by atoms with Gasteiger partial charge in [0.05, 0.1) is 0 Å². The van der Waals surface area contributed by atoms with Crippen LogP contribution in [-0.4, -0.2) is 48.2 Å². The number of likely N-dealkylation sites (N-methyl/N-ethyl adjacent to an activating group) is 2. The van der Waals surface area contributed by atoms with Gasteiger partial charge in [-0.2, -0.15) is 0 Å². The fourth-order valence-corrected chi connectivity index (χ4v) is 1.74. The van der Waals surface area contributed by atoms with Crippen LogP contribution >= 0.6 is 0 Å². The van der Waals surface area contributed by atoms with Crippen LogP contribution in [0, 0.1) is 0 Å². The van der Waals surface area contributed by atoms with Crippen LogP contribution in [0.5, 0.6) is 0 Å². The SMILES string of the molecule is CCNC(CN(C)C1CCC1)C(=O)O. The van der Waals surface area contributed by atoms with Gasteiger partial charge >= 0.3 is 5.97 Å². The highest BCUT2D eigenvalue weighted by Gasteiger charge is 2.26. The molecule has 1 unspecified atom stereocenters. The normalized spacial score (nSPS) is 19.4. The van der Waals surface area contributed by atoms with Gasteiger partial charge in [0.15, 0.2) is 0 Å². The Morgan fingerprint density at radius 1 is 1.64 bits per heavy atom. The molecule has 4 heteroatoms. The molecular weight excluding hydrogens is 180 g/mol. The van der Waals surface area contributed by atoms with Gasteiger partial charge in [-0.15, -0.1) is 0 Å². The summed E-state index contributed by atoms with van der Waals surface area (Å²) in [6.07, 6.45) is 3.72. The van der Waals surface area contributed by atoms with Crippen molar-refractivity contribution >= 4 is 5.97 Å². The van der Waals surface area contributed by atoms with E-state index in [0.717, 1.165) is 0 Å². The van der Waals surface area contributed by atoms with E-state index in [0.29, 0.717) is 19.1 Å². The van der Waals surface area contributed by atoms with Crippen LogP contribution in [0.3, 0.4) is 0 Å². The monoisotopic (exact) mass is 200 g/mol. The maximum Gasteiger partial charge on any atom is 0.322 e. The summed E-state index contributed by atoms with van der Waals surface area (Å²) in [6.45, 7) is 3.24. The summed E-state index contributed by atoms with van der Waals surface area (Å²) in [7, 11) is 2.01. The van der Waals surface area contributed by atoms with E-state index in [9.17, 15) is 4.79 Å². The molecule has 1 fully saturated rings. The number of hydrogen-bond acceptors (Lipinski definition) is 3. The first kappa shape index (κ1) is 11.5. The third-order valence-corrected chi connectivity index (χ3v) is 2.92. The van der Waals surface area contributed by atoms with Crippen molar-refractivity contribution in [2.75, 3.05) is 20.1 Å². The molecular formula is C10H20N2O2. The highest BCUT2D eigenvalue weighted by Crippen LogP contribution is 2.23. The smallest absolute Gasteiger partial charge is 0.322 e. The van der Waals surface area contributed by atoms with Crippen LogP contribution in [0.25, 0.3) is 0 Å². The minimum atomic E-state index is -0.752. The predicted molar refractivity (Wildman–Crippen MR) is 55.4 cm³/mol. The van der Waals surface area contributed by atoms with Gasteiger partial charge in [0, 0.05) is 12.6 Å². The Labute approximate surface area is 85.3 Å². The van der Waals surface area contributed by atoms with Crippen molar-refractivity contribution in [2.24, 2.45) is 0 Å². The van der Waals surface area contributed by atoms with Gasteiger partial charge in [-0.25, -0.2) is 0 Å². The summed E-state index contributed by atoms with van der Waals surface area (Å²) >= 11 is 0. The van der Waals surface area contributed by atoms with Crippen molar-refractivity contribution in [3.63, 3.8) is 0 Å². The number of carboxylic acid groups (broad SMARTS) is 1. The molecule has 0 spiro atoms. The first-order chi connectivity index (χ1) is 6.65. The molecule has 1 aliphatic rings. The molecule has 1 atom stereocenters. The molecule has 14 heavy (non-hydrogen) atoms. The van der Waals surface area contributed by atoms with Crippen molar-refractivity contribution in [3.05, 3.63) is 0 Å². The number of carbonyl (C=O) groups is 1. The van der Waals surface area contributed by atoms with Crippen LogP contribution in [0.2, 0.25) is 0 Å². The van der Waals surface area contributed by atoms with Gasteiger partial charge in [0.2, 0.25) is 0 Å². The van der Waals surface area contributed by atoms with E-state index in [1.807, 2.05) is 14.0 Å². The van der Waals surface area contributed by atoms with E-state index in [1.54, 1.807) is 0 Å². The zero-order valence-corrected chi connectivity index (χ0v) is 8.99. The first-order valence-corrected chi connectivity index (χ1v) is 5.31. The lowest BCUT2D eigenvalue weighted by Gasteiger charge is -2.36. The molecule has 0 aromatic carbocycles. The van der Waals surface area contributed by atoms with E-state index in [4.69, 9.17) is 5.11 Å².